The molecule has 0 unspecified atom stereocenters. The van der Waals surface area contributed by atoms with Gasteiger partial charge in [-0.05, 0) is 33.1 Å². The highest BCUT2D eigenvalue weighted by atomic mass is 16.6. The molecule has 1 aliphatic rings. The minimum atomic E-state index is -0.424. The van der Waals surface area contributed by atoms with Crippen molar-refractivity contribution in [2.45, 2.75) is 39.3 Å². The number of nitrogens with one attached hydrogen (secondary N) is 2. The predicted octanol–water partition coefficient (Wildman–Crippen LogP) is 1.76. The van der Waals surface area contributed by atoms with E-state index in [4.69, 9.17) is 4.74 Å². The molecule has 1 amide bonds. The lowest BCUT2D eigenvalue weighted by Gasteiger charge is -2.24. The van der Waals surface area contributed by atoms with Gasteiger partial charge in [0.05, 0.1) is 6.54 Å². The molecule has 6 heteroatoms. The minimum absolute atomic E-state index is 0.203. The molecule has 2 heterocycles. The van der Waals surface area contributed by atoms with E-state index < -0.39 is 5.60 Å². The summed E-state index contributed by atoms with van der Waals surface area (Å²) < 4.78 is 5.38. The molecular formula is C14H24N4O2. The summed E-state index contributed by atoms with van der Waals surface area (Å²) in [5, 5.41) is 3.36. The van der Waals surface area contributed by atoms with E-state index in [-0.39, 0.29) is 6.09 Å². The monoisotopic (exact) mass is 280 g/mol. The Labute approximate surface area is 119 Å². The number of rotatable bonds is 4. The average Bonchev–Trinajstić information content (AvgIpc) is 2.97. The first-order chi connectivity index (χ1) is 9.44. The van der Waals surface area contributed by atoms with E-state index in [2.05, 4.69) is 15.3 Å². The van der Waals surface area contributed by atoms with E-state index in [0.29, 0.717) is 5.92 Å². The van der Waals surface area contributed by atoms with Crippen LogP contribution in [-0.2, 0) is 11.3 Å². The Hall–Kier alpha value is -1.56. The highest BCUT2D eigenvalue weighted by Crippen LogP contribution is 2.18. The highest BCUT2D eigenvalue weighted by Gasteiger charge is 2.29. The zero-order valence-electron chi connectivity index (χ0n) is 12.5. The average molecular weight is 280 g/mol. The molecule has 1 aromatic rings. The summed E-state index contributed by atoms with van der Waals surface area (Å²) in [4.78, 5) is 20.9. The number of likely N-dealkylation sites (tertiary alicyclic amines) is 1. The Morgan fingerprint density at radius 2 is 2.40 bits per heavy atom. The van der Waals surface area contributed by atoms with Gasteiger partial charge in [0.2, 0.25) is 0 Å². The third-order valence-corrected chi connectivity index (χ3v) is 3.22. The lowest BCUT2D eigenvalue weighted by Crippen LogP contribution is -2.36. The molecule has 0 saturated carbocycles. The van der Waals surface area contributed by atoms with Gasteiger partial charge in [-0.15, -0.1) is 0 Å². The Kier molecular flexibility index (Phi) is 4.65. The number of aromatic amines is 1. The van der Waals surface area contributed by atoms with E-state index in [9.17, 15) is 4.79 Å². The number of aromatic nitrogens is 2. The Bertz CT molecular complexity index is 425. The van der Waals surface area contributed by atoms with Gasteiger partial charge in [-0.3, -0.25) is 0 Å². The lowest BCUT2D eigenvalue weighted by atomic mass is 10.1. The van der Waals surface area contributed by atoms with Crippen LogP contribution in [0.4, 0.5) is 4.79 Å². The number of imidazole rings is 1. The molecule has 1 atom stereocenters. The predicted molar refractivity (Wildman–Crippen MR) is 76.2 cm³/mol. The first-order valence-corrected chi connectivity index (χ1v) is 7.11. The molecule has 1 aliphatic heterocycles. The highest BCUT2D eigenvalue weighted by molar-refractivity contribution is 5.68. The first kappa shape index (κ1) is 14.8. The van der Waals surface area contributed by atoms with Crippen LogP contribution in [0.5, 0.6) is 0 Å². The molecule has 0 aromatic carbocycles. The molecule has 6 nitrogen and oxygen atoms in total. The maximum atomic E-state index is 11.9. The van der Waals surface area contributed by atoms with Crippen LogP contribution in [0.15, 0.2) is 12.4 Å². The number of hydrogen-bond donors (Lipinski definition) is 2. The second-order valence-electron chi connectivity index (χ2n) is 6.25. The standard InChI is InChI=1S/C14H24N4O2/c1-14(2,3)20-13(19)18-7-4-11(10-18)8-15-9-12-16-5-6-17-12/h5-6,11,15H,4,7-10H2,1-3H3,(H,16,17)/t11-/m0/s1. The maximum Gasteiger partial charge on any atom is 0.410 e. The number of carbonyl (C=O) groups excluding carboxylic acids is 1. The largest absolute Gasteiger partial charge is 0.444 e. The van der Waals surface area contributed by atoms with E-state index in [0.717, 1.165) is 38.4 Å². The van der Waals surface area contributed by atoms with Crippen molar-refractivity contribution in [3.63, 3.8) is 0 Å². The summed E-state index contributed by atoms with van der Waals surface area (Å²) >= 11 is 0. The van der Waals surface area contributed by atoms with Gasteiger partial charge in [-0.1, -0.05) is 0 Å². The van der Waals surface area contributed by atoms with Crippen LogP contribution in [0.3, 0.4) is 0 Å². The first-order valence-electron chi connectivity index (χ1n) is 7.11. The number of ether oxygens (including phenoxy) is 1. The summed E-state index contributed by atoms with van der Waals surface area (Å²) in [6.45, 7) is 8.84. The number of amides is 1. The van der Waals surface area contributed by atoms with Crippen molar-refractivity contribution in [2.24, 2.45) is 5.92 Å². The third-order valence-electron chi connectivity index (χ3n) is 3.22. The van der Waals surface area contributed by atoms with Crippen LogP contribution in [0.2, 0.25) is 0 Å². The van der Waals surface area contributed by atoms with Gasteiger partial charge in [0.1, 0.15) is 11.4 Å². The van der Waals surface area contributed by atoms with Crippen LogP contribution in [0.25, 0.3) is 0 Å². The molecule has 112 valence electrons. The smallest absolute Gasteiger partial charge is 0.410 e. The molecule has 0 radical (unpaired) electrons. The van der Waals surface area contributed by atoms with E-state index in [1.54, 1.807) is 11.1 Å². The van der Waals surface area contributed by atoms with Gasteiger partial charge >= 0.3 is 6.09 Å². The molecule has 1 fully saturated rings. The van der Waals surface area contributed by atoms with Gasteiger partial charge in [0, 0.05) is 32.0 Å². The van der Waals surface area contributed by atoms with Gasteiger partial charge < -0.3 is 19.9 Å². The normalized spacial score (nSPS) is 19.4. The zero-order valence-corrected chi connectivity index (χ0v) is 12.5. The van der Waals surface area contributed by atoms with Gasteiger partial charge in [-0.25, -0.2) is 9.78 Å². The fraction of sp³-hybridized carbons (Fsp3) is 0.714. The van der Waals surface area contributed by atoms with Crippen molar-refractivity contribution >= 4 is 6.09 Å². The lowest BCUT2D eigenvalue weighted by molar-refractivity contribution is 0.0288. The second-order valence-corrected chi connectivity index (χ2v) is 6.25. The fourth-order valence-corrected chi connectivity index (χ4v) is 2.28. The molecule has 20 heavy (non-hydrogen) atoms. The van der Waals surface area contributed by atoms with E-state index >= 15 is 0 Å². The van der Waals surface area contributed by atoms with Crippen molar-refractivity contribution in [2.75, 3.05) is 19.6 Å². The molecule has 0 spiro atoms. The Morgan fingerprint density at radius 1 is 1.60 bits per heavy atom. The van der Waals surface area contributed by atoms with E-state index in [1.165, 1.54) is 0 Å². The molecule has 2 N–H and O–H groups in total. The van der Waals surface area contributed by atoms with Crippen molar-refractivity contribution < 1.29 is 9.53 Å². The van der Waals surface area contributed by atoms with Crippen molar-refractivity contribution in [1.82, 2.24) is 20.2 Å². The third kappa shape index (κ3) is 4.52. The van der Waals surface area contributed by atoms with Crippen LogP contribution in [0.1, 0.15) is 33.0 Å². The number of H-pyrrole nitrogens is 1. The summed E-state index contributed by atoms with van der Waals surface area (Å²) in [7, 11) is 0. The van der Waals surface area contributed by atoms with Crippen molar-refractivity contribution in [3.05, 3.63) is 18.2 Å². The van der Waals surface area contributed by atoms with Crippen LogP contribution >= 0.6 is 0 Å². The molecule has 0 bridgehead atoms. The number of nitrogens with zero attached hydrogens (tertiary/aromatic N) is 2. The topological polar surface area (TPSA) is 70.2 Å². The number of hydrogen-bond acceptors (Lipinski definition) is 4. The summed E-state index contributed by atoms with van der Waals surface area (Å²) in [5.41, 5.74) is -0.424. The van der Waals surface area contributed by atoms with Crippen LogP contribution in [0, 0.1) is 5.92 Å². The van der Waals surface area contributed by atoms with Gasteiger partial charge in [0.25, 0.3) is 0 Å². The van der Waals surface area contributed by atoms with Gasteiger partial charge in [0.15, 0.2) is 0 Å². The minimum Gasteiger partial charge on any atom is -0.444 e. The molecule has 1 aromatic heterocycles. The maximum absolute atomic E-state index is 11.9. The zero-order chi connectivity index (χ0) is 14.6. The molecular weight excluding hydrogens is 256 g/mol. The molecule has 2 rings (SSSR count). The Balaban J connectivity index is 1.68. The van der Waals surface area contributed by atoms with Crippen LogP contribution < -0.4 is 5.32 Å². The molecule has 1 saturated heterocycles. The van der Waals surface area contributed by atoms with Crippen LogP contribution in [-0.4, -0.2) is 46.2 Å². The summed E-state index contributed by atoms with van der Waals surface area (Å²) in [5.74, 6) is 1.42. The fourth-order valence-electron chi connectivity index (χ4n) is 2.28. The summed E-state index contributed by atoms with van der Waals surface area (Å²) in [6.07, 6.45) is 4.38. The SMILES string of the molecule is CC(C)(C)OC(=O)N1CC[C@@H](CNCc2ncc[nH]2)C1. The Morgan fingerprint density at radius 3 is 3.05 bits per heavy atom. The van der Waals surface area contributed by atoms with Crippen molar-refractivity contribution in [1.29, 1.82) is 0 Å². The quantitative estimate of drug-likeness (QED) is 0.881. The number of carbonyl (C=O) groups is 1. The summed E-state index contributed by atoms with van der Waals surface area (Å²) in [6, 6.07) is 0. The second kappa shape index (κ2) is 6.26. The van der Waals surface area contributed by atoms with E-state index in [1.807, 2.05) is 27.0 Å². The van der Waals surface area contributed by atoms with Gasteiger partial charge in [-0.2, -0.15) is 0 Å². The molecule has 0 aliphatic carbocycles. The van der Waals surface area contributed by atoms with Crippen molar-refractivity contribution in [3.8, 4) is 0 Å².